The number of hydrogen-bond acceptors (Lipinski definition) is 3. The van der Waals surface area contributed by atoms with Crippen molar-refractivity contribution in [1.82, 2.24) is 9.88 Å². The maximum absolute atomic E-state index is 13.3. The molecule has 116 valence electrons. The topological polar surface area (TPSA) is 59.2 Å². The van der Waals surface area contributed by atoms with Gasteiger partial charge in [0.1, 0.15) is 0 Å². The van der Waals surface area contributed by atoms with Crippen molar-refractivity contribution in [2.75, 3.05) is 7.05 Å². The second-order valence-electron chi connectivity index (χ2n) is 5.01. The summed E-state index contributed by atoms with van der Waals surface area (Å²) in [4.78, 5) is 18.0. The first kappa shape index (κ1) is 16.0. The molecule has 1 heterocycles. The SMILES string of the molecule is CC(c1ccc(F)c(F)c1)N(C)C(=O)c1ccnc(CN)c1. The van der Waals surface area contributed by atoms with Gasteiger partial charge in [-0.25, -0.2) is 8.78 Å². The quantitative estimate of drug-likeness (QED) is 0.944. The molecule has 0 aliphatic heterocycles. The average Bonchev–Trinajstić information content (AvgIpc) is 2.55. The largest absolute Gasteiger partial charge is 0.335 e. The number of benzene rings is 1. The second-order valence-corrected chi connectivity index (χ2v) is 5.01. The zero-order valence-corrected chi connectivity index (χ0v) is 12.4. The highest BCUT2D eigenvalue weighted by atomic mass is 19.2. The van der Waals surface area contributed by atoms with E-state index in [2.05, 4.69) is 4.98 Å². The number of hydrogen-bond donors (Lipinski definition) is 1. The van der Waals surface area contributed by atoms with Crippen molar-refractivity contribution in [2.45, 2.75) is 19.5 Å². The van der Waals surface area contributed by atoms with E-state index in [1.807, 2.05) is 0 Å². The number of halogens is 2. The summed E-state index contributed by atoms with van der Waals surface area (Å²) in [6, 6.07) is 6.43. The van der Waals surface area contributed by atoms with Crippen LogP contribution >= 0.6 is 0 Å². The summed E-state index contributed by atoms with van der Waals surface area (Å²) in [5, 5.41) is 0. The number of pyridine rings is 1. The van der Waals surface area contributed by atoms with Crippen LogP contribution in [-0.2, 0) is 6.54 Å². The van der Waals surface area contributed by atoms with E-state index in [-0.39, 0.29) is 12.5 Å². The lowest BCUT2D eigenvalue weighted by Gasteiger charge is -2.25. The van der Waals surface area contributed by atoms with E-state index in [9.17, 15) is 13.6 Å². The third kappa shape index (κ3) is 3.28. The van der Waals surface area contributed by atoms with E-state index in [0.29, 0.717) is 16.8 Å². The van der Waals surface area contributed by atoms with Crippen LogP contribution in [-0.4, -0.2) is 22.8 Å². The van der Waals surface area contributed by atoms with Crippen molar-refractivity contribution >= 4 is 5.91 Å². The Morgan fingerprint density at radius 2 is 2.00 bits per heavy atom. The summed E-state index contributed by atoms with van der Waals surface area (Å²) in [6.45, 7) is 1.99. The second kappa shape index (κ2) is 6.62. The van der Waals surface area contributed by atoms with Crippen LogP contribution in [0.25, 0.3) is 0 Å². The predicted octanol–water partition coefficient (Wildman–Crippen LogP) is 2.65. The molecule has 0 saturated carbocycles. The molecule has 1 aromatic carbocycles. The third-order valence-corrected chi connectivity index (χ3v) is 3.60. The van der Waals surface area contributed by atoms with Gasteiger partial charge in [0.25, 0.3) is 5.91 Å². The van der Waals surface area contributed by atoms with Gasteiger partial charge in [-0.1, -0.05) is 6.07 Å². The summed E-state index contributed by atoms with van der Waals surface area (Å²) in [7, 11) is 1.61. The first-order chi connectivity index (χ1) is 10.4. The van der Waals surface area contributed by atoms with Crippen LogP contribution in [0, 0.1) is 11.6 Å². The number of rotatable bonds is 4. The monoisotopic (exact) mass is 305 g/mol. The van der Waals surface area contributed by atoms with Gasteiger partial charge in [-0.15, -0.1) is 0 Å². The Labute approximate surface area is 127 Å². The van der Waals surface area contributed by atoms with Gasteiger partial charge in [-0.3, -0.25) is 9.78 Å². The van der Waals surface area contributed by atoms with Gasteiger partial charge in [0.15, 0.2) is 11.6 Å². The minimum Gasteiger partial charge on any atom is -0.335 e. The highest BCUT2D eigenvalue weighted by molar-refractivity contribution is 5.94. The molecule has 0 saturated heterocycles. The maximum atomic E-state index is 13.3. The Morgan fingerprint density at radius 1 is 1.27 bits per heavy atom. The number of nitrogens with two attached hydrogens (primary N) is 1. The molecule has 1 unspecified atom stereocenters. The van der Waals surface area contributed by atoms with E-state index >= 15 is 0 Å². The van der Waals surface area contributed by atoms with E-state index < -0.39 is 17.7 Å². The van der Waals surface area contributed by atoms with Crippen molar-refractivity contribution in [2.24, 2.45) is 5.73 Å². The van der Waals surface area contributed by atoms with Crippen LogP contribution in [0.4, 0.5) is 8.78 Å². The number of carbonyl (C=O) groups is 1. The summed E-state index contributed by atoms with van der Waals surface area (Å²) in [5.74, 6) is -2.08. The number of amides is 1. The molecule has 2 aromatic rings. The molecule has 0 bridgehead atoms. The van der Waals surface area contributed by atoms with Gasteiger partial charge in [-0.2, -0.15) is 0 Å². The zero-order valence-electron chi connectivity index (χ0n) is 12.4. The molecule has 0 aliphatic carbocycles. The Kier molecular flexibility index (Phi) is 4.82. The average molecular weight is 305 g/mol. The summed E-state index contributed by atoms with van der Waals surface area (Å²) < 4.78 is 26.3. The molecular weight excluding hydrogens is 288 g/mol. The Bertz CT molecular complexity index is 691. The van der Waals surface area contributed by atoms with Crippen molar-refractivity contribution in [1.29, 1.82) is 0 Å². The maximum Gasteiger partial charge on any atom is 0.254 e. The summed E-state index contributed by atoms with van der Waals surface area (Å²) in [5.41, 5.74) is 7.09. The van der Waals surface area contributed by atoms with Gasteiger partial charge in [0.2, 0.25) is 0 Å². The fourth-order valence-corrected chi connectivity index (χ4v) is 2.10. The lowest BCUT2D eigenvalue weighted by atomic mass is 10.1. The molecule has 22 heavy (non-hydrogen) atoms. The van der Waals surface area contributed by atoms with Crippen molar-refractivity contribution < 1.29 is 13.6 Å². The Hall–Kier alpha value is -2.34. The normalized spacial score (nSPS) is 12.0. The van der Waals surface area contributed by atoms with Gasteiger partial charge in [0.05, 0.1) is 11.7 Å². The summed E-state index contributed by atoms with van der Waals surface area (Å²) >= 11 is 0. The first-order valence-electron chi connectivity index (χ1n) is 6.81. The Morgan fingerprint density at radius 3 is 2.64 bits per heavy atom. The van der Waals surface area contributed by atoms with Crippen LogP contribution < -0.4 is 5.73 Å². The number of nitrogens with zero attached hydrogens (tertiary/aromatic N) is 2. The van der Waals surface area contributed by atoms with Crippen LogP contribution in [0.2, 0.25) is 0 Å². The van der Waals surface area contributed by atoms with E-state index in [1.165, 1.54) is 17.2 Å². The molecule has 1 atom stereocenters. The molecule has 0 fully saturated rings. The fourth-order valence-electron chi connectivity index (χ4n) is 2.10. The molecule has 2 N–H and O–H groups in total. The van der Waals surface area contributed by atoms with Crippen molar-refractivity contribution in [3.8, 4) is 0 Å². The highest BCUT2D eigenvalue weighted by Crippen LogP contribution is 2.22. The van der Waals surface area contributed by atoms with Gasteiger partial charge in [0, 0.05) is 25.4 Å². The van der Waals surface area contributed by atoms with Crippen molar-refractivity contribution in [3.63, 3.8) is 0 Å². The van der Waals surface area contributed by atoms with Gasteiger partial charge < -0.3 is 10.6 Å². The molecular formula is C16H17F2N3O. The fraction of sp³-hybridized carbons (Fsp3) is 0.250. The molecule has 6 heteroatoms. The predicted molar refractivity (Wildman–Crippen MR) is 79.0 cm³/mol. The lowest BCUT2D eigenvalue weighted by Crippen LogP contribution is -2.30. The van der Waals surface area contributed by atoms with Crippen LogP contribution in [0.3, 0.4) is 0 Å². The Balaban J connectivity index is 2.23. The molecule has 0 radical (unpaired) electrons. The number of carbonyl (C=O) groups excluding carboxylic acids is 1. The van der Waals surface area contributed by atoms with Crippen LogP contribution in [0.15, 0.2) is 36.5 Å². The lowest BCUT2D eigenvalue weighted by molar-refractivity contribution is 0.0742. The van der Waals surface area contributed by atoms with Gasteiger partial charge in [-0.05, 0) is 36.8 Å². The molecule has 0 aliphatic rings. The van der Waals surface area contributed by atoms with E-state index in [1.54, 1.807) is 26.1 Å². The molecule has 4 nitrogen and oxygen atoms in total. The van der Waals surface area contributed by atoms with Gasteiger partial charge >= 0.3 is 0 Å². The zero-order chi connectivity index (χ0) is 16.3. The van der Waals surface area contributed by atoms with Crippen molar-refractivity contribution in [3.05, 3.63) is 65.0 Å². The smallest absolute Gasteiger partial charge is 0.254 e. The number of aromatic nitrogens is 1. The minimum atomic E-state index is -0.931. The van der Waals surface area contributed by atoms with Crippen LogP contribution in [0.1, 0.15) is 34.6 Å². The minimum absolute atomic E-state index is 0.240. The molecule has 2 rings (SSSR count). The van der Waals surface area contributed by atoms with Crippen LogP contribution in [0.5, 0.6) is 0 Å². The summed E-state index contributed by atoms with van der Waals surface area (Å²) in [6.07, 6.45) is 1.52. The van der Waals surface area contributed by atoms with E-state index in [4.69, 9.17) is 5.73 Å². The highest BCUT2D eigenvalue weighted by Gasteiger charge is 2.20. The third-order valence-electron chi connectivity index (χ3n) is 3.60. The molecule has 1 aromatic heterocycles. The standard InChI is InChI=1S/C16H17F2N3O/c1-10(11-3-4-14(17)15(18)8-11)21(2)16(22)12-5-6-20-13(7-12)9-19/h3-8,10H,9,19H2,1-2H3. The van der Waals surface area contributed by atoms with E-state index in [0.717, 1.165) is 12.1 Å². The molecule has 1 amide bonds. The molecule has 0 spiro atoms. The first-order valence-corrected chi connectivity index (χ1v) is 6.81.